The number of nitrogens with zero attached hydrogens (tertiary/aromatic N) is 2. The van der Waals surface area contributed by atoms with Crippen molar-refractivity contribution in [2.75, 3.05) is 0 Å². The van der Waals surface area contributed by atoms with Crippen LogP contribution in [0.5, 0.6) is 0 Å². The monoisotopic (exact) mass is 219 g/mol. The van der Waals surface area contributed by atoms with Crippen molar-refractivity contribution in [3.63, 3.8) is 0 Å². The summed E-state index contributed by atoms with van der Waals surface area (Å²) < 4.78 is 1.87. The molecule has 0 saturated heterocycles. The Kier molecular flexibility index (Phi) is 2.62. The number of benzene rings is 1. The van der Waals surface area contributed by atoms with E-state index in [-0.39, 0.29) is 6.42 Å². The van der Waals surface area contributed by atoms with Crippen molar-refractivity contribution in [3.8, 4) is 0 Å². The van der Waals surface area contributed by atoms with Gasteiger partial charge in [0.2, 0.25) is 0 Å². The smallest absolute Gasteiger partial charge is 0.320 e. The summed E-state index contributed by atoms with van der Waals surface area (Å²) in [5.41, 5.74) is 7.33. The molecule has 0 aliphatic heterocycles. The number of aliphatic carboxylic acids is 1. The van der Waals surface area contributed by atoms with Crippen molar-refractivity contribution in [1.29, 1.82) is 0 Å². The highest BCUT2D eigenvalue weighted by Crippen LogP contribution is 2.14. The molecule has 0 aliphatic rings. The third-order valence-corrected chi connectivity index (χ3v) is 2.60. The van der Waals surface area contributed by atoms with Crippen LogP contribution in [-0.2, 0) is 18.3 Å². The zero-order valence-electron chi connectivity index (χ0n) is 8.92. The van der Waals surface area contributed by atoms with Crippen molar-refractivity contribution < 1.29 is 9.90 Å². The quantitative estimate of drug-likeness (QED) is 0.788. The Labute approximate surface area is 92.5 Å². The highest BCUT2D eigenvalue weighted by Gasteiger charge is 2.16. The van der Waals surface area contributed by atoms with Crippen molar-refractivity contribution in [3.05, 3.63) is 30.1 Å². The van der Waals surface area contributed by atoms with Gasteiger partial charge in [-0.15, -0.1) is 0 Å². The Hall–Kier alpha value is -1.88. The Balaban J connectivity index is 2.38. The summed E-state index contributed by atoms with van der Waals surface area (Å²) in [4.78, 5) is 15.0. The second-order valence-electron chi connectivity index (χ2n) is 3.72. The lowest BCUT2D eigenvalue weighted by Crippen LogP contribution is -2.33. The Morgan fingerprint density at radius 1 is 1.56 bits per heavy atom. The van der Waals surface area contributed by atoms with Crippen LogP contribution in [0.2, 0.25) is 0 Å². The third kappa shape index (κ3) is 1.77. The molecule has 0 spiro atoms. The first kappa shape index (κ1) is 10.6. The number of carbonyl (C=O) groups is 1. The molecular weight excluding hydrogens is 206 g/mol. The van der Waals surface area contributed by atoms with Gasteiger partial charge in [0, 0.05) is 13.5 Å². The summed E-state index contributed by atoms with van der Waals surface area (Å²) in [7, 11) is 1.86. The van der Waals surface area contributed by atoms with Gasteiger partial charge in [-0.3, -0.25) is 4.79 Å². The van der Waals surface area contributed by atoms with Crippen LogP contribution in [-0.4, -0.2) is 26.7 Å². The molecule has 5 heteroatoms. The van der Waals surface area contributed by atoms with Crippen LogP contribution in [0.3, 0.4) is 0 Å². The molecule has 0 aliphatic carbocycles. The lowest BCUT2D eigenvalue weighted by Gasteiger charge is -2.05. The summed E-state index contributed by atoms with van der Waals surface area (Å²) >= 11 is 0. The summed E-state index contributed by atoms with van der Waals surface area (Å²) in [5, 5.41) is 8.75. The van der Waals surface area contributed by atoms with Crippen LogP contribution in [0.25, 0.3) is 11.0 Å². The number of para-hydroxylation sites is 2. The van der Waals surface area contributed by atoms with Gasteiger partial charge in [0.1, 0.15) is 11.9 Å². The van der Waals surface area contributed by atoms with Crippen LogP contribution in [0.1, 0.15) is 5.82 Å². The van der Waals surface area contributed by atoms with E-state index in [9.17, 15) is 4.79 Å². The van der Waals surface area contributed by atoms with E-state index in [4.69, 9.17) is 10.8 Å². The second kappa shape index (κ2) is 3.94. The number of imidazole rings is 1. The molecule has 1 aromatic heterocycles. The minimum Gasteiger partial charge on any atom is -0.480 e. The van der Waals surface area contributed by atoms with Crippen LogP contribution in [0, 0.1) is 0 Å². The highest BCUT2D eigenvalue weighted by molar-refractivity contribution is 5.77. The minimum absolute atomic E-state index is 0.237. The topological polar surface area (TPSA) is 81.1 Å². The fourth-order valence-corrected chi connectivity index (χ4v) is 1.66. The second-order valence-corrected chi connectivity index (χ2v) is 3.72. The molecule has 84 valence electrons. The van der Waals surface area contributed by atoms with Gasteiger partial charge in [0.15, 0.2) is 0 Å². The molecule has 0 fully saturated rings. The number of hydrogen-bond donors (Lipinski definition) is 2. The van der Waals surface area contributed by atoms with E-state index in [2.05, 4.69) is 4.98 Å². The van der Waals surface area contributed by atoms with Crippen molar-refractivity contribution in [2.24, 2.45) is 12.8 Å². The maximum Gasteiger partial charge on any atom is 0.320 e. The predicted octanol–water partition coefficient (Wildman–Crippen LogP) is 0.528. The van der Waals surface area contributed by atoms with Gasteiger partial charge in [-0.05, 0) is 12.1 Å². The zero-order valence-corrected chi connectivity index (χ0v) is 8.92. The van der Waals surface area contributed by atoms with Crippen LogP contribution < -0.4 is 5.73 Å². The molecule has 1 aromatic carbocycles. The van der Waals surface area contributed by atoms with Gasteiger partial charge >= 0.3 is 5.97 Å². The van der Waals surface area contributed by atoms with E-state index in [1.54, 1.807) is 0 Å². The molecule has 5 nitrogen and oxygen atoms in total. The number of nitrogens with two attached hydrogens (primary N) is 1. The van der Waals surface area contributed by atoms with E-state index < -0.39 is 12.0 Å². The van der Waals surface area contributed by atoms with Crippen LogP contribution >= 0.6 is 0 Å². The van der Waals surface area contributed by atoms with Crippen LogP contribution in [0.15, 0.2) is 24.3 Å². The Morgan fingerprint density at radius 2 is 2.25 bits per heavy atom. The Bertz CT molecular complexity index is 533. The van der Waals surface area contributed by atoms with Crippen molar-refractivity contribution >= 4 is 17.0 Å². The van der Waals surface area contributed by atoms with Gasteiger partial charge in [0.25, 0.3) is 0 Å². The molecule has 1 atom stereocenters. The Morgan fingerprint density at radius 3 is 2.88 bits per heavy atom. The summed E-state index contributed by atoms with van der Waals surface area (Å²) in [6.45, 7) is 0. The fourth-order valence-electron chi connectivity index (χ4n) is 1.66. The summed E-state index contributed by atoms with van der Waals surface area (Å²) in [6.07, 6.45) is 0.237. The number of aryl methyl sites for hydroxylation is 1. The SMILES string of the molecule is Cn1c(CC(N)C(=O)O)nc2ccccc21. The normalized spacial score (nSPS) is 12.9. The lowest BCUT2D eigenvalue weighted by atomic mass is 10.2. The minimum atomic E-state index is -1.01. The standard InChI is InChI=1S/C11H13N3O2/c1-14-9-5-3-2-4-8(9)13-10(14)6-7(12)11(15)16/h2-5,7H,6,12H2,1H3,(H,15,16). The van der Waals surface area contributed by atoms with E-state index in [0.717, 1.165) is 11.0 Å². The first-order chi connectivity index (χ1) is 7.59. The van der Waals surface area contributed by atoms with E-state index in [0.29, 0.717) is 5.82 Å². The number of carboxylic acids is 1. The van der Waals surface area contributed by atoms with Gasteiger partial charge in [-0.2, -0.15) is 0 Å². The average molecular weight is 219 g/mol. The van der Waals surface area contributed by atoms with E-state index >= 15 is 0 Å². The molecular formula is C11H13N3O2. The molecule has 3 N–H and O–H groups in total. The molecule has 0 saturated carbocycles. The number of carboxylic acid groups (broad SMARTS) is 1. The lowest BCUT2D eigenvalue weighted by molar-refractivity contribution is -0.138. The molecule has 1 heterocycles. The molecule has 0 amide bonds. The first-order valence-corrected chi connectivity index (χ1v) is 4.98. The molecule has 0 bridgehead atoms. The predicted molar refractivity (Wildman–Crippen MR) is 60.0 cm³/mol. The largest absolute Gasteiger partial charge is 0.480 e. The first-order valence-electron chi connectivity index (χ1n) is 4.98. The fraction of sp³-hybridized carbons (Fsp3) is 0.273. The number of rotatable bonds is 3. The number of fused-ring (bicyclic) bond motifs is 1. The maximum absolute atomic E-state index is 10.7. The van der Waals surface area contributed by atoms with Gasteiger partial charge < -0.3 is 15.4 Å². The summed E-state index contributed by atoms with van der Waals surface area (Å²) in [5.74, 6) is -0.317. The van der Waals surface area contributed by atoms with Gasteiger partial charge in [0.05, 0.1) is 11.0 Å². The third-order valence-electron chi connectivity index (χ3n) is 2.60. The number of hydrogen-bond acceptors (Lipinski definition) is 3. The maximum atomic E-state index is 10.7. The molecule has 2 aromatic rings. The van der Waals surface area contributed by atoms with E-state index in [1.165, 1.54) is 0 Å². The average Bonchev–Trinajstić information content (AvgIpc) is 2.56. The van der Waals surface area contributed by atoms with Crippen molar-refractivity contribution in [1.82, 2.24) is 9.55 Å². The number of aromatic nitrogens is 2. The summed E-state index contributed by atoms with van der Waals surface area (Å²) in [6, 6.07) is 6.75. The molecule has 2 rings (SSSR count). The zero-order chi connectivity index (χ0) is 11.7. The molecule has 1 unspecified atom stereocenters. The van der Waals surface area contributed by atoms with E-state index in [1.807, 2.05) is 35.9 Å². The van der Waals surface area contributed by atoms with Crippen LogP contribution in [0.4, 0.5) is 0 Å². The highest BCUT2D eigenvalue weighted by atomic mass is 16.4. The van der Waals surface area contributed by atoms with Gasteiger partial charge in [-0.25, -0.2) is 4.98 Å². The molecule has 16 heavy (non-hydrogen) atoms. The van der Waals surface area contributed by atoms with Gasteiger partial charge in [-0.1, -0.05) is 12.1 Å². The van der Waals surface area contributed by atoms with Crippen molar-refractivity contribution in [2.45, 2.75) is 12.5 Å². The molecule has 0 radical (unpaired) electrons.